The molecule has 10 nitrogen and oxygen atoms in total. The monoisotopic (exact) mass is 432 g/mol. The van der Waals surface area contributed by atoms with E-state index in [1.165, 1.54) is 16.5 Å². The Morgan fingerprint density at radius 1 is 1.12 bits per heavy atom. The van der Waals surface area contributed by atoms with Crippen LogP contribution < -0.4 is 21.5 Å². The Morgan fingerprint density at radius 2 is 1.94 bits per heavy atom. The lowest BCUT2D eigenvalue weighted by Crippen LogP contribution is -2.25. The molecule has 0 aliphatic carbocycles. The molecule has 0 aliphatic rings. The maximum atomic E-state index is 12.4. The highest BCUT2D eigenvalue weighted by molar-refractivity contribution is 5.58. The summed E-state index contributed by atoms with van der Waals surface area (Å²) in [5.41, 5.74) is 8.50. The van der Waals surface area contributed by atoms with Gasteiger partial charge in [0.25, 0.3) is 0 Å². The fourth-order valence-corrected chi connectivity index (χ4v) is 3.25. The Hall–Kier alpha value is -4.21. The Morgan fingerprint density at radius 3 is 2.69 bits per heavy atom. The van der Waals surface area contributed by atoms with Gasteiger partial charge in [-0.1, -0.05) is 24.6 Å². The normalized spacial score (nSPS) is 10.8. The highest BCUT2D eigenvalue weighted by Gasteiger charge is 2.14. The number of rotatable bonds is 8. The number of aromatic nitrogens is 6. The van der Waals surface area contributed by atoms with Crippen molar-refractivity contribution < 1.29 is 4.74 Å². The average molecular weight is 432 g/mol. The summed E-state index contributed by atoms with van der Waals surface area (Å²) in [4.78, 5) is 24.8. The summed E-state index contributed by atoms with van der Waals surface area (Å²) in [5, 5.41) is 7.57. The smallest absolute Gasteiger partial charge is 0.354 e. The van der Waals surface area contributed by atoms with Gasteiger partial charge in [0.05, 0.1) is 24.1 Å². The summed E-state index contributed by atoms with van der Waals surface area (Å²) < 4.78 is 9.06. The zero-order valence-electron chi connectivity index (χ0n) is 17.9. The van der Waals surface area contributed by atoms with E-state index < -0.39 is 5.69 Å². The van der Waals surface area contributed by atoms with E-state index in [0.29, 0.717) is 37.0 Å². The lowest BCUT2D eigenvalue weighted by molar-refractivity contribution is 0.310. The van der Waals surface area contributed by atoms with Gasteiger partial charge < -0.3 is 15.8 Å². The van der Waals surface area contributed by atoms with Gasteiger partial charge in [-0.25, -0.2) is 19.4 Å². The number of hydrogen-bond donors (Lipinski definition) is 2. The number of anilines is 2. The maximum Gasteiger partial charge on any atom is 0.354 e. The first-order valence-corrected chi connectivity index (χ1v) is 10.2. The van der Waals surface area contributed by atoms with Crippen molar-refractivity contribution in [2.45, 2.75) is 20.3 Å². The van der Waals surface area contributed by atoms with E-state index in [0.717, 1.165) is 11.4 Å². The van der Waals surface area contributed by atoms with Crippen molar-refractivity contribution in [3.05, 3.63) is 76.9 Å². The third kappa shape index (κ3) is 4.43. The molecular formula is C22H24N8O2. The molecule has 32 heavy (non-hydrogen) atoms. The van der Waals surface area contributed by atoms with Gasteiger partial charge in [0.1, 0.15) is 24.4 Å². The molecule has 3 aromatic heterocycles. The van der Waals surface area contributed by atoms with Crippen molar-refractivity contribution in [2.24, 2.45) is 0 Å². The molecule has 0 spiro atoms. The van der Waals surface area contributed by atoms with Crippen molar-refractivity contribution >= 4 is 11.6 Å². The van der Waals surface area contributed by atoms with E-state index in [1.54, 1.807) is 23.1 Å². The molecule has 4 aromatic rings. The van der Waals surface area contributed by atoms with E-state index in [1.807, 2.05) is 44.2 Å². The number of nitrogens with two attached hydrogens (primary N) is 1. The van der Waals surface area contributed by atoms with Gasteiger partial charge in [-0.05, 0) is 31.5 Å². The van der Waals surface area contributed by atoms with Crippen LogP contribution in [-0.4, -0.2) is 42.5 Å². The summed E-state index contributed by atoms with van der Waals surface area (Å²) in [5.74, 6) is 1.31. The van der Waals surface area contributed by atoms with Crippen molar-refractivity contribution in [3.8, 4) is 17.3 Å². The maximum absolute atomic E-state index is 12.4. The lowest BCUT2D eigenvalue weighted by Gasteiger charge is -2.15. The predicted octanol–water partition coefficient (Wildman–Crippen LogP) is 2.15. The van der Waals surface area contributed by atoms with Crippen LogP contribution in [0.3, 0.4) is 0 Å². The van der Waals surface area contributed by atoms with Crippen LogP contribution in [0, 0.1) is 6.92 Å². The third-order valence-electron chi connectivity index (χ3n) is 4.83. The summed E-state index contributed by atoms with van der Waals surface area (Å²) in [6.45, 7) is 4.80. The van der Waals surface area contributed by atoms with Crippen LogP contribution in [0.4, 0.5) is 11.6 Å². The standard InChI is InChI=1S/C22H24N8O2/c1-3-17-20(29-12-9-18(23)28-22(29)31)21(26-14-25-17)24-11-13-32-19-8-10-27-30(19)16-6-4-15(2)5-7-16/h4-10,12,14H,3,11,13H2,1-2H3,(H2,23,28,31)(H,24,25,26). The van der Waals surface area contributed by atoms with Gasteiger partial charge in [-0.2, -0.15) is 10.1 Å². The molecule has 10 heteroatoms. The average Bonchev–Trinajstić information content (AvgIpc) is 3.26. The van der Waals surface area contributed by atoms with Crippen molar-refractivity contribution in [2.75, 3.05) is 24.2 Å². The molecular weight excluding hydrogens is 408 g/mol. The number of hydrogen-bond acceptors (Lipinski definition) is 8. The predicted molar refractivity (Wildman–Crippen MR) is 122 cm³/mol. The molecule has 0 aliphatic heterocycles. The van der Waals surface area contributed by atoms with Crippen LogP contribution in [0.1, 0.15) is 18.2 Å². The fourth-order valence-electron chi connectivity index (χ4n) is 3.25. The molecule has 0 atom stereocenters. The summed E-state index contributed by atoms with van der Waals surface area (Å²) in [6, 6.07) is 11.4. The lowest BCUT2D eigenvalue weighted by atomic mass is 10.2. The highest BCUT2D eigenvalue weighted by atomic mass is 16.5. The molecule has 0 fully saturated rings. The molecule has 164 valence electrons. The minimum Gasteiger partial charge on any atom is -0.476 e. The van der Waals surface area contributed by atoms with Gasteiger partial charge >= 0.3 is 5.69 Å². The van der Waals surface area contributed by atoms with Crippen LogP contribution in [0.5, 0.6) is 5.88 Å². The number of nitrogens with one attached hydrogen (secondary N) is 1. The minimum absolute atomic E-state index is 0.161. The van der Waals surface area contributed by atoms with Gasteiger partial charge in [-0.15, -0.1) is 0 Å². The number of nitrogen functional groups attached to an aromatic ring is 1. The Labute approximate surface area is 184 Å². The molecule has 0 unspecified atom stereocenters. The van der Waals surface area contributed by atoms with Gasteiger partial charge in [0.15, 0.2) is 5.82 Å². The SMILES string of the molecule is CCc1ncnc(NCCOc2ccnn2-c2ccc(C)cc2)c1-n1ccc(N)nc1=O. The van der Waals surface area contributed by atoms with Gasteiger partial charge in [0, 0.05) is 12.3 Å². The molecule has 0 saturated carbocycles. The zero-order chi connectivity index (χ0) is 22.5. The zero-order valence-corrected chi connectivity index (χ0v) is 17.9. The minimum atomic E-state index is -0.490. The van der Waals surface area contributed by atoms with Crippen LogP contribution in [0.2, 0.25) is 0 Å². The van der Waals surface area contributed by atoms with Crippen LogP contribution in [0.25, 0.3) is 11.4 Å². The van der Waals surface area contributed by atoms with Crippen molar-refractivity contribution in [3.63, 3.8) is 0 Å². The molecule has 3 N–H and O–H groups in total. The van der Waals surface area contributed by atoms with E-state index in [4.69, 9.17) is 10.5 Å². The Kier molecular flexibility index (Phi) is 6.11. The summed E-state index contributed by atoms with van der Waals surface area (Å²) >= 11 is 0. The number of ether oxygens (including phenoxy) is 1. The second-order valence-electron chi connectivity index (χ2n) is 7.07. The quantitative estimate of drug-likeness (QED) is 0.406. The molecule has 0 bridgehead atoms. The third-order valence-corrected chi connectivity index (χ3v) is 4.83. The van der Waals surface area contributed by atoms with E-state index in [9.17, 15) is 4.79 Å². The molecule has 4 rings (SSSR count). The molecule has 0 saturated heterocycles. The number of benzene rings is 1. The molecule has 0 amide bonds. The van der Waals surface area contributed by atoms with Crippen LogP contribution >= 0.6 is 0 Å². The van der Waals surface area contributed by atoms with Gasteiger partial charge in [-0.3, -0.25) is 4.57 Å². The Balaban J connectivity index is 1.48. The summed E-state index contributed by atoms with van der Waals surface area (Å²) in [6.07, 6.45) is 5.35. The van der Waals surface area contributed by atoms with Crippen molar-refractivity contribution in [1.29, 1.82) is 0 Å². The first kappa shape index (κ1) is 21.0. The van der Waals surface area contributed by atoms with Gasteiger partial charge in [0.2, 0.25) is 5.88 Å². The fraction of sp³-hybridized carbons (Fsp3) is 0.227. The van der Waals surface area contributed by atoms with Crippen molar-refractivity contribution in [1.82, 2.24) is 29.3 Å². The van der Waals surface area contributed by atoms with Crippen LogP contribution in [0.15, 0.2) is 59.9 Å². The second-order valence-corrected chi connectivity index (χ2v) is 7.07. The second kappa shape index (κ2) is 9.29. The number of aryl methyl sites for hydroxylation is 2. The summed E-state index contributed by atoms with van der Waals surface area (Å²) in [7, 11) is 0. The van der Waals surface area contributed by atoms with Crippen LogP contribution in [-0.2, 0) is 6.42 Å². The van der Waals surface area contributed by atoms with E-state index >= 15 is 0 Å². The molecule has 1 aromatic carbocycles. The number of nitrogens with zero attached hydrogens (tertiary/aromatic N) is 6. The first-order chi connectivity index (χ1) is 15.6. The Bertz CT molecular complexity index is 1260. The first-order valence-electron chi connectivity index (χ1n) is 10.2. The largest absolute Gasteiger partial charge is 0.476 e. The topological polar surface area (TPSA) is 126 Å². The molecule has 3 heterocycles. The van der Waals surface area contributed by atoms with E-state index in [2.05, 4.69) is 25.4 Å². The highest BCUT2D eigenvalue weighted by Crippen LogP contribution is 2.20. The molecule has 0 radical (unpaired) electrons. The van der Waals surface area contributed by atoms with E-state index in [-0.39, 0.29) is 5.82 Å².